The number of para-hydroxylation sites is 2. The zero-order chi connectivity index (χ0) is 41.5. The first kappa shape index (κ1) is 35.5. The molecule has 1 aliphatic carbocycles. The van der Waals surface area contributed by atoms with Crippen LogP contribution in [0.3, 0.4) is 0 Å². The standard InChI is InChI=1S/C61H39NO/c1-4-17-40(18-5-1)44-31-34-58-55(39-44)61(54-28-13-15-30-57(54)63-58)53-27-12-10-25-49(53)51-32-33-52-50-26-11-14-29-56(50)62(60(52)59(51)61)48-24-16-23-43(38-48)47-36-45(41-19-6-2-7-20-41)35-46(37-47)42-21-8-3-9-22-42/h1-39H. The summed E-state index contributed by atoms with van der Waals surface area (Å²) in [5.74, 6) is 1.76. The van der Waals surface area contributed by atoms with Gasteiger partial charge in [-0.05, 0) is 116 Å². The minimum atomic E-state index is -0.682. The Morgan fingerprint density at radius 2 is 0.873 bits per heavy atom. The summed E-state index contributed by atoms with van der Waals surface area (Å²) < 4.78 is 9.45. The summed E-state index contributed by atoms with van der Waals surface area (Å²) in [5, 5.41) is 2.45. The lowest BCUT2D eigenvalue weighted by molar-refractivity contribution is 0.437. The highest BCUT2D eigenvalue weighted by molar-refractivity contribution is 6.14. The van der Waals surface area contributed by atoms with E-state index >= 15 is 0 Å². The van der Waals surface area contributed by atoms with Crippen LogP contribution in [0.25, 0.3) is 83.1 Å². The number of nitrogens with zero attached hydrogens (tertiary/aromatic N) is 1. The van der Waals surface area contributed by atoms with Crippen LogP contribution in [0.15, 0.2) is 237 Å². The monoisotopic (exact) mass is 801 g/mol. The van der Waals surface area contributed by atoms with Crippen molar-refractivity contribution in [1.29, 1.82) is 0 Å². The molecule has 63 heavy (non-hydrogen) atoms. The molecule has 0 fully saturated rings. The lowest BCUT2D eigenvalue weighted by atomic mass is 9.65. The molecule has 1 atom stereocenters. The van der Waals surface area contributed by atoms with Gasteiger partial charge in [0.2, 0.25) is 0 Å². The van der Waals surface area contributed by atoms with E-state index in [1.807, 2.05) is 0 Å². The maximum atomic E-state index is 6.91. The molecule has 1 aliphatic heterocycles. The van der Waals surface area contributed by atoms with Gasteiger partial charge in [-0.2, -0.15) is 0 Å². The lowest BCUT2D eigenvalue weighted by Crippen LogP contribution is -2.32. The molecule has 1 unspecified atom stereocenters. The Labute approximate surface area is 366 Å². The Morgan fingerprint density at radius 3 is 1.60 bits per heavy atom. The van der Waals surface area contributed by atoms with Crippen LogP contribution in [0.2, 0.25) is 0 Å². The maximum Gasteiger partial charge on any atom is 0.132 e. The second-order valence-corrected chi connectivity index (χ2v) is 16.8. The first-order valence-corrected chi connectivity index (χ1v) is 21.7. The van der Waals surface area contributed by atoms with Gasteiger partial charge in [0.1, 0.15) is 11.5 Å². The molecule has 0 amide bonds. The van der Waals surface area contributed by atoms with E-state index in [2.05, 4.69) is 241 Å². The Kier molecular flexibility index (Phi) is 7.85. The largest absolute Gasteiger partial charge is 0.457 e. The third kappa shape index (κ3) is 5.32. The molecule has 0 saturated heterocycles. The average molecular weight is 802 g/mol. The quantitative estimate of drug-likeness (QED) is 0.169. The van der Waals surface area contributed by atoms with Crippen molar-refractivity contribution in [1.82, 2.24) is 4.57 Å². The fourth-order valence-electron chi connectivity index (χ4n) is 10.7. The number of rotatable bonds is 5. The van der Waals surface area contributed by atoms with Gasteiger partial charge in [0, 0.05) is 33.2 Å². The normalized spacial score (nSPS) is 14.5. The maximum absolute atomic E-state index is 6.91. The zero-order valence-corrected chi connectivity index (χ0v) is 34.4. The van der Waals surface area contributed by atoms with Crippen molar-refractivity contribution in [2.45, 2.75) is 5.41 Å². The molecule has 13 rings (SSSR count). The minimum Gasteiger partial charge on any atom is -0.457 e. The van der Waals surface area contributed by atoms with Crippen LogP contribution in [0.5, 0.6) is 11.5 Å². The molecule has 2 heteroatoms. The predicted octanol–water partition coefficient (Wildman–Crippen LogP) is 15.9. The Morgan fingerprint density at radius 1 is 0.317 bits per heavy atom. The molecule has 2 aliphatic rings. The molecule has 1 spiro atoms. The van der Waals surface area contributed by atoms with Crippen molar-refractivity contribution in [3.05, 3.63) is 259 Å². The van der Waals surface area contributed by atoms with Crippen LogP contribution in [-0.2, 0) is 5.41 Å². The van der Waals surface area contributed by atoms with Gasteiger partial charge in [0.15, 0.2) is 0 Å². The average Bonchev–Trinajstić information content (AvgIpc) is 3.86. The van der Waals surface area contributed by atoms with E-state index in [-0.39, 0.29) is 0 Å². The SMILES string of the molecule is c1ccc(-c2cc(-c3ccccc3)cc(-c3cccc(-n4c5ccccc5c5ccc6c(c54)C4(c5ccccc5Oc5ccc(-c7ccccc7)cc54)c4ccccc4-6)c3)c2)cc1. The Balaban J connectivity index is 1.12. The fourth-order valence-corrected chi connectivity index (χ4v) is 10.7. The van der Waals surface area contributed by atoms with E-state index in [1.165, 1.54) is 77.4 Å². The molecular formula is C61H39NO. The fraction of sp³-hybridized carbons (Fsp3) is 0.0164. The molecule has 11 aromatic rings. The molecule has 0 bridgehead atoms. The second-order valence-electron chi connectivity index (χ2n) is 16.8. The van der Waals surface area contributed by atoms with Crippen LogP contribution in [0.4, 0.5) is 0 Å². The number of hydrogen-bond acceptors (Lipinski definition) is 1. The molecule has 1 aromatic heterocycles. The van der Waals surface area contributed by atoms with Crippen LogP contribution in [-0.4, -0.2) is 4.57 Å². The molecule has 0 saturated carbocycles. The molecular weight excluding hydrogens is 763 g/mol. The van der Waals surface area contributed by atoms with Gasteiger partial charge >= 0.3 is 0 Å². The summed E-state index contributed by atoms with van der Waals surface area (Å²) in [6.45, 7) is 0. The molecule has 294 valence electrons. The van der Waals surface area contributed by atoms with E-state index in [9.17, 15) is 0 Å². The summed E-state index contributed by atoms with van der Waals surface area (Å²) in [6.07, 6.45) is 0. The first-order chi connectivity index (χ1) is 31.2. The van der Waals surface area contributed by atoms with Gasteiger partial charge in [0.25, 0.3) is 0 Å². The summed E-state index contributed by atoms with van der Waals surface area (Å²) in [5.41, 5.74) is 19.6. The minimum absolute atomic E-state index is 0.682. The summed E-state index contributed by atoms with van der Waals surface area (Å²) in [7, 11) is 0. The summed E-state index contributed by atoms with van der Waals surface area (Å²) in [4.78, 5) is 0. The zero-order valence-electron chi connectivity index (χ0n) is 34.4. The van der Waals surface area contributed by atoms with Crippen molar-refractivity contribution < 1.29 is 4.74 Å². The summed E-state index contributed by atoms with van der Waals surface area (Å²) in [6, 6.07) is 86.5. The third-order valence-corrected chi connectivity index (χ3v) is 13.4. The highest BCUT2D eigenvalue weighted by atomic mass is 16.5. The van der Waals surface area contributed by atoms with E-state index in [0.717, 1.165) is 39.4 Å². The topological polar surface area (TPSA) is 14.2 Å². The van der Waals surface area contributed by atoms with Gasteiger partial charge in [0.05, 0.1) is 16.4 Å². The van der Waals surface area contributed by atoms with Gasteiger partial charge in [-0.1, -0.05) is 182 Å². The molecule has 2 nitrogen and oxygen atoms in total. The van der Waals surface area contributed by atoms with Crippen LogP contribution >= 0.6 is 0 Å². The van der Waals surface area contributed by atoms with E-state index in [4.69, 9.17) is 4.74 Å². The van der Waals surface area contributed by atoms with Crippen molar-refractivity contribution >= 4 is 21.8 Å². The number of aromatic nitrogens is 1. The van der Waals surface area contributed by atoms with E-state index in [0.29, 0.717) is 0 Å². The number of benzene rings is 10. The van der Waals surface area contributed by atoms with Gasteiger partial charge in [-0.3, -0.25) is 0 Å². The van der Waals surface area contributed by atoms with Crippen LogP contribution in [0.1, 0.15) is 22.3 Å². The molecule has 2 heterocycles. The van der Waals surface area contributed by atoms with Crippen molar-refractivity contribution in [3.63, 3.8) is 0 Å². The number of hydrogen-bond donors (Lipinski definition) is 0. The molecule has 10 aromatic carbocycles. The lowest BCUT2D eigenvalue weighted by Gasteiger charge is -2.40. The predicted molar refractivity (Wildman–Crippen MR) is 260 cm³/mol. The molecule has 0 N–H and O–H groups in total. The van der Waals surface area contributed by atoms with Gasteiger partial charge in [-0.15, -0.1) is 0 Å². The van der Waals surface area contributed by atoms with Crippen molar-refractivity contribution in [2.24, 2.45) is 0 Å². The Bertz CT molecular complexity index is 3530. The van der Waals surface area contributed by atoms with Crippen molar-refractivity contribution in [2.75, 3.05) is 0 Å². The number of fused-ring (bicyclic) bond motifs is 13. The van der Waals surface area contributed by atoms with E-state index < -0.39 is 5.41 Å². The second kappa shape index (κ2) is 13.9. The first-order valence-electron chi connectivity index (χ1n) is 21.7. The highest BCUT2D eigenvalue weighted by Gasteiger charge is 2.52. The number of ether oxygens (including phenoxy) is 1. The highest BCUT2D eigenvalue weighted by Crippen LogP contribution is 2.64. The summed E-state index contributed by atoms with van der Waals surface area (Å²) >= 11 is 0. The van der Waals surface area contributed by atoms with Gasteiger partial charge < -0.3 is 9.30 Å². The molecule has 0 radical (unpaired) electrons. The van der Waals surface area contributed by atoms with Crippen molar-refractivity contribution in [3.8, 4) is 72.8 Å². The Hall–Kier alpha value is -8.20. The van der Waals surface area contributed by atoms with Crippen LogP contribution in [0, 0.1) is 0 Å². The van der Waals surface area contributed by atoms with Crippen LogP contribution < -0.4 is 4.74 Å². The smallest absolute Gasteiger partial charge is 0.132 e. The van der Waals surface area contributed by atoms with Gasteiger partial charge in [-0.25, -0.2) is 0 Å². The third-order valence-electron chi connectivity index (χ3n) is 13.4. The van der Waals surface area contributed by atoms with E-state index in [1.54, 1.807) is 0 Å².